The van der Waals surface area contributed by atoms with E-state index in [2.05, 4.69) is 0 Å². The summed E-state index contributed by atoms with van der Waals surface area (Å²) in [5.74, 6) is -0.00243. The third kappa shape index (κ3) is 4.73. The molecule has 6 heteroatoms. The Labute approximate surface area is 109 Å². The van der Waals surface area contributed by atoms with Crippen molar-refractivity contribution >= 4 is 10.0 Å². The summed E-state index contributed by atoms with van der Waals surface area (Å²) in [6.07, 6.45) is 0. The molecule has 0 fully saturated rings. The van der Waals surface area contributed by atoms with E-state index in [4.69, 9.17) is 10.5 Å². The van der Waals surface area contributed by atoms with Crippen LogP contribution < -0.4 is 5.73 Å². The van der Waals surface area contributed by atoms with Gasteiger partial charge in [-0.15, -0.1) is 0 Å². The molecule has 0 spiro atoms. The summed E-state index contributed by atoms with van der Waals surface area (Å²) in [5.41, 5.74) is 6.22. The molecule has 0 atom stereocenters. The maximum atomic E-state index is 12.2. The number of methoxy groups -OCH3 is 1. The van der Waals surface area contributed by atoms with Gasteiger partial charge in [-0.25, -0.2) is 8.42 Å². The SMILES string of the molecule is COCCN(CCN)S(=O)(=O)Cc1ccccc1. The molecule has 2 N–H and O–H groups in total. The number of hydrogen-bond donors (Lipinski definition) is 1. The number of benzene rings is 1. The lowest BCUT2D eigenvalue weighted by Crippen LogP contribution is -2.38. The van der Waals surface area contributed by atoms with Crippen molar-refractivity contribution in [1.29, 1.82) is 0 Å². The van der Waals surface area contributed by atoms with Crippen LogP contribution in [0.1, 0.15) is 5.56 Å². The van der Waals surface area contributed by atoms with Gasteiger partial charge < -0.3 is 10.5 Å². The van der Waals surface area contributed by atoms with E-state index in [1.54, 1.807) is 19.2 Å². The molecule has 0 bridgehead atoms. The zero-order valence-electron chi connectivity index (χ0n) is 10.6. The predicted molar refractivity (Wildman–Crippen MR) is 71.6 cm³/mol. The number of ether oxygens (including phenoxy) is 1. The largest absolute Gasteiger partial charge is 0.383 e. The van der Waals surface area contributed by atoms with Crippen molar-refractivity contribution in [2.45, 2.75) is 5.75 Å². The summed E-state index contributed by atoms with van der Waals surface area (Å²) >= 11 is 0. The highest BCUT2D eigenvalue weighted by Gasteiger charge is 2.21. The Hall–Kier alpha value is -0.950. The summed E-state index contributed by atoms with van der Waals surface area (Å²) in [5, 5.41) is 0. The van der Waals surface area contributed by atoms with Gasteiger partial charge in [0.05, 0.1) is 12.4 Å². The monoisotopic (exact) mass is 272 g/mol. The van der Waals surface area contributed by atoms with Crippen LogP contribution >= 0.6 is 0 Å². The highest BCUT2D eigenvalue weighted by molar-refractivity contribution is 7.88. The van der Waals surface area contributed by atoms with Crippen molar-refractivity contribution in [3.8, 4) is 0 Å². The fourth-order valence-corrected chi connectivity index (χ4v) is 3.14. The number of rotatable bonds is 8. The summed E-state index contributed by atoms with van der Waals surface area (Å²) in [6.45, 7) is 1.33. The Morgan fingerprint density at radius 1 is 1.22 bits per heavy atom. The average Bonchev–Trinajstić information content (AvgIpc) is 2.35. The molecule has 1 aromatic rings. The minimum Gasteiger partial charge on any atom is -0.383 e. The van der Waals surface area contributed by atoms with Gasteiger partial charge in [0.25, 0.3) is 0 Å². The van der Waals surface area contributed by atoms with E-state index >= 15 is 0 Å². The Balaban J connectivity index is 2.75. The molecule has 0 heterocycles. The van der Waals surface area contributed by atoms with E-state index in [1.165, 1.54) is 4.31 Å². The number of hydrogen-bond acceptors (Lipinski definition) is 4. The van der Waals surface area contributed by atoms with Gasteiger partial charge >= 0.3 is 0 Å². The van der Waals surface area contributed by atoms with E-state index < -0.39 is 10.0 Å². The third-order valence-electron chi connectivity index (χ3n) is 2.51. The normalized spacial score (nSPS) is 11.9. The van der Waals surface area contributed by atoms with Crippen molar-refractivity contribution < 1.29 is 13.2 Å². The van der Waals surface area contributed by atoms with E-state index in [0.29, 0.717) is 26.2 Å². The first-order valence-electron chi connectivity index (χ1n) is 5.81. The van der Waals surface area contributed by atoms with Crippen LogP contribution in [-0.2, 0) is 20.5 Å². The van der Waals surface area contributed by atoms with Crippen LogP contribution in [0.4, 0.5) is 0 Å². The summed E-state index contributed by atoms with van der Waals surface area (Å²) in [7, 11) is -1.79. The highest BCUT2D eigenvalue weighted by Crippen LogP contribution is 2.10. The molecule has 0 aliphatic rings. The maximum Gasteiger partial charge on any atom is 0.218 e. The van der Waals surface area contributed by atoms with Gasteiger partial charge in [0.2, 0.25) is 10.0 Å². The van der Waals surface area contributed by atoms with Crippen LogP contribution in [0.3, 0.4) is 0 Å². The molecule has 0 aliphatic heterocycles. The number of nitrogens with zero attached hydrogens (tertiary/aromatic N) is 1. The Morgan fingerprint density at radius 2 is 1.89 bits per heavy atom. The van der Waals surface area contributed by atoms with Gasteiger partial charge in [-0.05, 0) is 5.56 Å². The second-order valence-corrected chi connectivity index (χ2v) is 5.89. The number of sulfonamides is 1. The third-order valence-corrected chi connectivity index (χ3v) is 4.36. The van der Waals surface area contributed by atoms with Crippen LogP contribution in [0.5, 0.6) is 0 Å². The minimum atomic E-state index is -3.34. The number of nitrogens with two attached hydrogens (primary N) is 1. The van der Waals surface area contributed by atoms with Gasteiger partial charge in [-0.3, -0.25) is 0 Å². The Kier molecular flexibility index (Phi) is 6.28. The molecule has 5 nitrogen and oxygen atoms in total. The molecule has 0 radical (unpaired) electrons. The fourth-order valence-electron chi connectivity index (χ4n) is 1.60. The minimum absolute atomic E-state index is 0.00243. The molecule has 1 aromatic carbocycles. The standard InChI is InChI=1S/C12H20N2O3S/c1-17-10-9-14(8-7-13)18(15,16)11-12-5-3-2-4-6-12/h2-6H,7-11,13H2,1H3. The molecule has 0 amide bonds. The summed E-state index contributed by atoms with van der Waals surface area (Å²) in [6, 6.07) is 9.11. The van der Waals surface area contributed by atoms with Crippen molar-refractivity contribution in [2.75, 3.05) is 33.4 Å². The lowest BCUT2D eigenvalue weighted by molar-refractivity contribution is 0.179. The zero-order valence-corrected chi connectivity index (χ0v) is 11.4. The van der Waals surface area contributed by atoms with Crippen molar-refractivity contribution in [3.63, 3.8) is 0 Å². The van der Waals surface area contributed by atoms with Gasteiger partial charge in [0, 0.05) is 26.7 Å². The maximum absolute atomic E-state index is 12.2. The van der Waals surface area contributed by atoms with E-state index in [9.17, 15) is 8.42 Å². The van der Waals surface area contributed by atoms with Crippen LogP contribution in [-0.4, -0.2) is 46.1 Å². The predicted octanol–water partition coefficient (Wildman–Crippen LogP) is 0.424. The molecular formula is C12H20N2O3S. The van der Waals surface area contributed by atoms with Crippen LogP contribution in [0.2, 0.25) is 0 Å². The molecule has 18 heavy (non-hydrogen) atoms. The van der Waals surface area contributed by atoms with E-state index in [1.807, 2.05) is 18.2 Å². The molecule has 0 saturated heterocycles. The first-order valence-corrected chi connectivity index (χ1v) is 7.42. The van der Waals surface area contributed by atoms with Crippen LogP contribution in [0.25, 0.3) is 0 Å². The Bertz CT molecular complexity index is 434. The quantitative estimate of drug-likeness (QED) is 0.744. The molecular weight excluding hydrogens is 252 g/mol. The van der Waals surface area contributed by atoms with Crippen molar-refractivity contribution in [2.24, 2.45) is 5.73 Å². The van der Waals surface area contributed by atoms with E-state index in [0.717, 1.165) is 5.56 Å². The van der Waals surface area contributed by atoms with Gasteiger partial charge in [0.1, 0.15) is 0 Å². The average molecular weight is 272 g/mol. The Morgan fingerprint density at radius 3 is 2.44 bits per heavy atom. The van der Waals surface area contributed by atoms with Crippen molar-refractivity contribution in [1.82, 2.24) is 4.31 Å². The summed E-state index contributed by atoms with van der Waals surface area (Å²) < 4.78 is 30.7. The molecule has 102 valence electrons. The first-order chi connectivity index (χ1) is 8.60. The van der Waals surface area contributed by atoms with Crippen LogP contribution in [0.15, 0.2) is 30.3 Å². The fraction of sp³-hybridized carbons (Fsp3) is 0.500. The van der Waals surface area contributed by atoms with Gasteiger partial charge in [-0.2, -0.15) is 4.31 Å². The smallest absolute Gasteiger partial charge is 0.218 e. The zero-order chi connectivity index (χ0) is 13.4. The molecule has 0 unspecified atom stereocenters. The van der Waals surface area contributed by atoms with Crippen LogP contribution in [0, 0.1) is 0 Å². The van der Waals surface area contributed by atoms with Crippen molar-refractivity contribution in [3.05, 3.63) is 35.9 Å². The molecule has 1 rings (SSSR count). The second kappa shape index (κ2) is 7.48. The lowest BCUT2D eigenvalue weighted by Gasteiger charge is -2.21. The molecule has 0 aliphatic carbocycles. The van der Waals surface area contributed by atoms with Gasteiger partial charge in [0.15, 0.2) is 0 Å². The molecule has 0 aromatic heterocycles. The first kappa shape index (κ1) is 15.1. The topological polar surface area (TPSA) is 72.6 Å². The van der Waals surface area contributed by atoms with Gasteiger partial charge in [-0.1, -0.05) is 30.3 Å². The lowest BCUT2D eigenvalue weighted by atomic mass is 10.2. The van der Waals surface area contributed by atoms with E-state index in [-0.39, 0.29) is 5.75 Å². The molecule has 0 saturated carbocycles. The summed E-state index contributed by atoms with van der Waals surface area (Å²) in [4.78, 5) is 0. The second-order valence-electron chi connectivity index (χ2n) is 3.92. The highest BCUT2D eigenvalue weighted by atomic mass is 32.2.